The smallest absolute Gasteiger partial charge is 0.240 e. The quantitative estimate of drug-likeness (QED) is 0.849. The third-order valence-corrected chi connectivity index (χ3v) is 2.31. The lowest BCUT2D eigenvalue weighted by molar-refractivity contribution is -0.126. The number of nitrogens with zero attached hydrogens (tertiary/aromatic N) is 2. The van der Waals surface area contributed by atoms with Crippen LogP contribution in [0.15, 0.2) is 18.3 Å². The average Bonchev–Trinajstić information content (AvgIpc) is 2.36. The Morgan fingerprint density at radius 3 is 2.76 bits per heavy atom. The number of aromatic nitrogens is 1. The molecule has 0 unspecified atom stereocenters. The van der Waals surface area contributed by atoms with Crippen LogP contribution in [0.5, 0.6) is 5.88 Å². The minimum Gasteiger partial charge on any atom is -0.481 e. The molecule has 0 saturated carbocycles. The van der Waals surface area contributed by atoms with Gasteiger partial charge in [-0.3, -0.25) is 4.79 Å². The fourth-order valence-corrected chi connectivity index (χ4v) is 1.09. The maximum atomic E-state index is 11.6. The van der Waals surface area contributed by atoms with Gasteiger partial charge in [-0.05, 0) is 19.4 Å². The molecule has 1 aromatic heterocycles. The number of hydrogen-bond donors (Lipinski definition) is 1. The molecule has 0 saturated heterocycles. The summed E-state index contributed by atoms with van der Waals surface area (Å²) in [5.41, 5.74) is -0.159. The van der Waals surface area contributed by atoms with Crippen molar-refractivity contribution in [1.29, 1.82) is 5.26 Å². The Morgan fingerprint density at radius 1 is 1.59 bits per heavy atom. The Kier molecular flexibility index (Phi) is 4.05. The number of rotatable bonds is 4. The van der Waals surface area contributed by atoms with Gasteiger partial charge in [0, 0.05) is 18.8 Å². The standard InChI is InChI=1S/C12H15N3O2/c1-12(2,8-13)11(16)15-7-9-4-5-10(17-3)14-6-9/h4-6H,7H2,1-3H3,(H,15,16). The van der Waals surface area contributed by atoms with Crippen molar-refractivity contribution in [2.75, 3.05) is 7.11 Å². The minimum absolute atomic E-state index is 0.296. The summed E-state index contributed by atoms with van der Waals surface area (Å²) < 4.78 is 4.92. The number of hydrogen-bond acceptors (Lipinski definition) is 4. The Bertz CT molecular complexity index is 432. The van der Waals surface area contributed by atoms with Gasteiger partial charge in [0.25, 0.3) is 0 Å². The molecule has 0 spiro atoms. The second-order valence-corrected chi connectivity index (χ2v) is 4.13. The third-order valence-electron chi connectivity index (χ3n) is 2.31. The van der Waals surface area contributed by atoms with Crippen LogP contribution in [0.25, 0.3) is 0 Å². The summed E-state index contributed by atoms with van der Waals surface area (Å²) in [5, 5.41) is 11.5. The molecular weight excluding hydrogens is 218 g/mol. The van der Waals surface area contributed by atoms with E-state index >= 15 is 0 Å². The normalized spacial score (nSPS) is 10.5. The van der Waals surface area contributed by atoms with Crippen LogP contribution in [-0.4, -0.2) is 18.0 Å². The lowest BCUT2D eigenvalue weighted by Gasteiger charge is -2.14. The maximum Gasteiger partial charge on any atom is 0.240 e. The van der Waals surface area contributed by atoms with E-state index in [0.717, 1.165) is 5.56 Å². The van der Waals surface area contributed by atoms with E-state index in [9.17, 15) is 4.79 Å². The van der Waals surface area contributed by atoms with E-state index in [1.165, 1.54) is 0 Å². The third kappa shape index (κ3) is 3.45. The predicted octanol–water partition coefficient (Wildman–Crippen LogP) is 1.26. The van der Waals surface area contributed by atoms with Gasteiger partial charge in [0.15, 0.2) is 0 Å². The van der Waals surface area contributed by atoms with Gasteiger partial charge in [-0.2, -0.15) is 5.26 Å². The average molecular weight is 233 g/mol. The van der Waals surface area contributed by atoms with Crippen LogP contribution in [0, 0.1) is 16.7 Å². The van der Waals surface area contributed by atoms with Crippen LogP contribution < -0.4 is 10.1 Å². The molecule has 1 aromatic rings. The lowest BCUT2D eigenvalue weighted by Crippen LogP contribution is -2.35. The first-order chi connectivity index (χ1) is 7.99. The maximum absolute atomic E-state index is 11.6. The first-order valence-electron chi connectivity index (χ1n) is 5.18. The van der Waals surface area contributed by atoms with E-state index in [0.29, 0.717) is 12.4 Å². The van der Waals surface area contributed by atoms with Crippen LogP contribution >= 0.6 is 0 Å². The number of pyridine rings is 1. The van der Waals surface area contributed by atoms with Gasteiger partial charge < -0.3 is 10.1 Å². The Morgan fingerprint density at radius 2 is 2.29 bits per heavy atom. The first-order valence-corrected chi connectivity index (χ1v) is 5.18. The largest absolute Gasteiger partial charge is 0.481 e. The van der Waals surface area contributed by atoms with E-state index in [2.05, 4.69) is 10.3 Å². The molecule has 1 rings (SSSR count). The molecule has 0 fully saturated rings. The Labute approximate surface area is 100 Å². The molecule has 1 N–H and O–H groups in total. The summed E-state index contributed by atoms with van der Waals surface area (Å²) >= 11 is 0. The highest BCUT2D eigenvalue weighted by atomic mass is 16.5. The molecule has 5 heteroatoms. The van der Waals surface area contributed by atoms with Crippen LogP contribution in [0.4, 0.5) is 0 Å². The zero-order chi connectivity index (χ0) is 12.9. The molecule has 1 heterocycles. The molecule has 0 radical (unpaired) electrons. The summed E-state index contributed by atoms with van der Waals surface area (Å²) in [6, 6.07) is 5.48. The van der Waals surface area contributed by atoms with Crippen molar-refractivity contribution in [1.82, 2.24) is 10.3 Å². The van der Waals surface area contributed by atoms with E-state index in [1.54, 1.807) is 33.2 Å². The molecule has 0 atom stereocenters. The van der Waals surface area contributed by atoms with Crippen LogP contribution in [0.3, 0.4) is 0 Å². The van der Waals surface area contributed by atoms with E-state index in [-0.39, 0.29) is 5.91 Å². The first kappa shape index (κ1) is 13.0. The molecule has 90 valence electrons. The second kappa shape index (κ2) is 5.30. The highest BCUT2D eigenvalue weighted by Gasteiger charge is 2.26. The molecule has 0 aromatic carbocycles. The molecule has 5 nitrogen and oxygen atoms in total. The number of carbonyl (C=O) groups excluding carboxylic acids is 1. The molecule has 17 heavy (non-hydrogen) atoms. The van der Waals surface area contributed by atoms with Crippen molar-refractivity contribution in [3.05, 3.63) is 23.9 Å². The second-order valence-electron chi connectivity index (χ2n) is 4.13. The van der Waals surface area contributed by atoms with Gasteiger partial charge in [-0.15, -0.1) is 0 Å². The summed E-state index contributed by atoms with van der Waals surface area (Å²) in [7, 11) is 1.54. The zero-order valence-corrected chi connectivity index (χ0v) is 10.2. The minimum atomic E-state index is -1.01. The molecule has 0 bridgehead atoms. The van der Waals surface area contributed by atoms with Crippen LogP contribution in [0.1, 0.15) is 19.4 Å². The molecule has 1 amide bonds. The van der Waals surface area contributed by atoms with E-state index < -0.39 is 5.41 Å². The zero-order valence-electron chi connectivity index (χ0n) is 10.2. The highest BCUT2D eigenvalue weighted by molar-refractivity contribution is 5.84. The van der Waals surface area contributed by atoms with Crippen molar-refractivity contribution in [3.8, 4) is 11.9 Å². The fraction of sp³-hybridized carbons (Fsp3) is 0.417. The van der Waals surface area contributed by atoms with Crippen molar-refractivity contribution in [2.24, 2.45) is 5.41 Å². The summed E-state index contributed by atoms with van der Waals surface area (Å²) in [6.07, 6.45) is 1.62. The van der Waals surface area contributed by atoms with Crippen molar-refractivity contribution >= 4 is 5.91 Å². The van der Waals surface area contributed by atoms with Gasteiger partial charge in [0.1, 0.15) is 5.41 Å². The number of nitrogens with one attached hydrogen (secondary N) is 1. The van der Waals surface area contributed by atoms with Crippen molar-refractivity contribution in [2.45, 2.75) is 20.4 Å². The van der Waals surface area contributed by atoms with Crippen molar-refractivity contribution < 1.29 is 9.53 Å². The Hall–Kier alpha value is -2.09. The lowest BCUT2D eigenvalue weighted by atomic mass is 9.95. The van der Waals surface area contributed by atoms with Gasteiger partial charge >= 0.3 is 0 Å². The van der Waals surface area contributed by atoms with Gasteiger partial charge in [0.2, 0.25) is 11.8 Å². The summed E-state index contributed by atoms with van der Waals surface area (Å²) in [4.78, 5) is 15.6. The highest BCUT2D eigenvalue weighted by Crippen LogP contribution is 2.13. The number of amides is 1. The van der Waals surface area contributed by atoms with Crippen LogP contribution in [0.2, 0.25) is 0 Å². The molecule has 0 aliphatic carbocycles. The van der Waals surface area contributed by atoms with Crippen LogP contribution in [-0.2, 0) is 11.3 Å². The SMILES string of the molecule is COc1ccc(CNC(=O)C(C)(C)C#N)cn1. The Balaban J connectivity index is 2.57. The monoisotopic (exact) mass is 233 g/mol. The predicted molar refractivity (Wildman–Crippen MR) is 62.0 cm³/mol. The van der Waals surface area contributed by atoms with Gasteiger partial charge in [0.05, 0.1) is 13.2 Å². The van der Waals surface area contributed by atoms with E-state index in [1.807, 2.05) is 12.1 Å². The number of ether oxygens (including phenoxy) is 1. The van der Waals surface area contributed by atoms with Gasteiger partial charge in [-0.1, -0.05) is 6.07 Å². The molecule has 0 aliphatic rings. The molecular formula is C12H15N3O2. The summed E-state index contributed by atoms with van der Waals surface area (Å²) in [6.45, 7) is 3.50. The fourth-order valence-electron chi connectivity index (χ4n) is 1.09. The molecule has 0 aliphatic heterocycles. The number of nitriles is 1. The van der Waals surface area contributed by atoms with Gasteiger partial charge in [-0.25, -0.2) is 4.98 Å². The summed E-state index contributed by atoms with van der Waals surface area (Å²) in [5.74, 6) is 0.230. The van der Waals surface area contributed by atoms with Crippen molar-refractivity contribution in [3.63, 3.8) is 0 Å². The number of carbonyl (C=O) groups is 1. The topological polar surface area (TPSA) is 75.0 Å². The van der Waals surface area contributed by atoms with E-state index in [4.69, 9.17) is 10.00 Å². The number of methoxy groups -OCH3 is 1.